The SMILES string of the molecule is Cn1c(-c2nccn2CCc2nc(-c3ccncc3)n[nH]2)nc2ccccc21. The Hall–Kier alpha value is -3.81. The summed E-state index contributed by atoms with van der Waals surface area (Å²) in [6.07, 6.45) is 7.96. The Bertz CT molecular complexity index is 1230. The summed E-state index contributed by atoms with van der Waals surface area (Å²) in [4.78, 5) is 17.9. The van der Waals surface area contributed by atoms with Gasteiger partial charge in [-0.25, -0.2) is 15.0 Å². The maximum Gasteiger partial charge on any atom is 0.181 e. The number of aromatic nitrogens is 8. The first-order valence-electron chi connectivity index (χ1n) is 9.04. The lowest BCUT2D eigenvalue weighted by atomic mass is 10.2. The van der Waals surface area contributed by atoms with Gasteiger partial charge in [-0.2, -0.15) is 5.10 Å². The molecule has 1 N–H and O–H groups in total. The molecule has 0 aliphatic carbocycles. The first-order chi connectivity index (χ1) is 13.8. The second-order valence-electron chi connectivity index (χ2n) is 6.52. The van der Waals surface area contributed by atoms with Crippen LogP contribution in [0.15, 0.2) is 61.2 Å². The lowest BCUT2D eigenvalue weighted by molar-refractivity contribution is 0.674. The molecule has 0 fully saturated rings. The number of hydrogen-bond donors (Lipinski definition) is 1. The third-order valence-corrected chi connectivity index (χ3v) is 4.76. The van der Waals surface area contributed by atoms with Crippen LogP contribution in [0.1, 0.15) is 5.82 Å². The first kappa shape index (κ1) is 16.4. The Kier molecular flexibility index (Phi) is 3.93. The second-order valence-corrected chi connectivity index (χ2v) is 6.52. The molecule has 4 heterocycles. The van der Waals surface area contributed by atoms with E-state index in [2.05, 4.69) is 40.3 Å². The van der Waals surface area contributed by atoms with Crippen molar-refractivity contribution >= 4 is 11.0 Å². The Balaban J connectivity index is 1.39. The molecule has 8 nitrogen and oxygen atoms in total. The summed E-state index contributed by atoms with van der Waals surface area (Å²) in [6.45, 7) is 0.726. The van der Waals surface area contributed by atoms with E-state index in [4.69, 9.17) is 4.98 Å². The van der Waals surface area contributed by atoms with Crippen molar-refractivity contribution in [2.45, 2.75) is 13.0 Å². The Morgan fingerprint density at radius 3 is 2.68 bits per heavy atom. The molecule has 5 rings (SSSR count). The zero-order valence-corrected chi connectivity index (χ0v) is 15.3. The fourth-order valence-electron chi connectivity index (χ4n) is 3.30. The molecule has 28 heavy (non-hydrogen) atoms. The van der Waals surface area contributed by atoms with Crippen molar-refractivity contribution in [3.8, 4) is 23.0 Å². The van der Waals surface area contributed by atoms with Crippen LogP contribution in [-0.2, 0) is 20.0 Å². The molecule has 4 aromatic heterocycles. The molecule has 0 bridgehead atoms. The van der Waals surface area contributed by atoms with Gasteiger partial charge in [0.1, 0.15) is 5.82 Å². The number of nitrogens with one attached hydrogen (secondary N) is 1. The fourth-order valence-corrected chi connectivity index (χ4v) is 3.30. The largest absolute Gasteiger partial charge is 0.328 e. The monoisotopic (exact) mass is 370 g/mol. The highest BCUT2D eigenvalue weighted by molar-refractivity contribution is 5.79. The number of fused-ring (bicyclic) bond motifs is 1. The van der Waals surface area contributed by atoms with Gasteiger partial charge in [-0.3, -0.25) is 10.1 Å². The van der Waals surface area contributed by atoms with Gasteiger partial charge < -0.3 is 9.13 Å². The van der Waals surface area contributed by atoms with Crippen molar-refractivity contribution in [2.75, 3.05) is 0 Å². The highest BCUT2D eigenvalue weighted by Crippen LogP contribution is 2.22. The quantitative estimate of drug-likeness (QED) is 0.514. The number of aromatic amines is 1. The zero-order valence-electron chi connectivity index (χ0n) is 15.3. The summed E-state index contributed by atoms with van der Waals surface area (Å²) in [5.41, 5.74) is 3.00. The summed E-state index contributed by atoms with van der Waals surface area (Å²) in [7, 11) is 2.02. The fraction of sp³-hybridized carbons (Fsp3) is 0.150. The van der Waals surface area contributed by atoms with Crippen molar-refractivity contribution in [1.29, 1.82) is 0 Å². The minimum Gasteiger partial charge on any atom is -0.328 e. The molecular weight excluding hydrogens is 352 g/mol. The van der Waals surface area contributed by atoms with E-state index >= 15 is 0 Å². The number of benzene rings is 1. The van der Waals surface area contributed by atoms with Gasteiger partial charge in [0.2, 0.25) is 0 Å². The van der Waals surface area contributed by atoms with Gasteiger partial charge in [0.15, 0.2) is 17.5 Å². The molecule has 8 heteroatoms. The Labute approximate surface area is 160 Å². The van der Waals surface area contributed by atoms with Crippen LogP contribution < -0.4 is 0 Å². The number of pyridine rings is 1. The zero-order chi connectivity index (χ0) is 18.9. The number of para-hydroxylation sites is 2. The molecule has 0 aliphatic heterocycles. The average Bonchev–Trinajstić information content (AvgIpc) is 3.46. The molecule has 0 radical (unpaired) electrons. The van der Waals surface area contributed by atoms with E-state index in [0.717, 1.165) is 40.6 Å². The van der Waals surface area contributed by atoms with Gasteiger partial charge in [-0.1, -0.05) is 12.1 Å². The highest BCUT2D eigenvalue weighted by atomic mass is 15.2. The molecule has 1 aromatic carbocycles. The summed E-state index contributed by atoms with van der Waals surface area (Å²) < 4.78 is 4.17. The highest BCUT2D eigenvalue weighted by Gasteiger charge is 2.15. The molecule has 0 atom stereocenters. The summed E-state index contributed by atoms with van der Waals surface area (Å²) >= 11 is 0. The van der Waals surface area contributed by atoms with Crippen molar-refractivity contribution in [3.63, 3.8) is 0 Å². The first-order valence-corrected chi connectivity index (χ1v) is 9.04. The molecule has 0 spiro atoms. The molecule has 5 aromatic rings. The molecule has 0 aliphatic rings. The van der Waals surface area contributed by atoms with E-state index in [9.17, 15) is 0 Å². The van der Waals surface area contributed by atoms with Gasteiger partial charge >= 0.3 is 0 Å². The number of nitrogens with zero attached hydrogens (tertiary/aromatic N) is 7. The summed E-state index contributed by atoms with van der Waals surface area (Å²) in [6, 6.07) is 11.9. The summed E-state index contributed by atoms with van der Waals surface area (Å²) in [5, 5.41) is 7.33. The molecule has 0 saturated heterocycles. The van der Waals surface area contributed by atoms with Crippen molar-refractivity contribution in [1.82, 2.24) is 39.3 Å². The van der Waals surface area contributed by atoms with Crippen LogP contribution >= 0.6 is 0 Å². The molecule has 0 amide bonds. The van der Waals surface area contributed by atoms with Gasteiger partial charge in [-0.05, 0) is 24.3 Å². The number of rotatable bonds is 5. The lowest BCUT2D eigenvalue weighted by Crippen LogP contribution is -2.06. The Morgan fingerprint density at radius 1 is 0.964 bits per heavy atom. The van der Waals surface area contributed by atoms with Gasteiger partial charge in [0, 0.05) is 50.4 Å². The normalized spacial score (nSPS) is 11.3. The van der Waals surface area contributed by atoms with Gasteiger partial charge in [0.25, 0.3) is 0 Å². The van der Waals surface area contributed by atoms with Crippen LogP contribution in [0.25, 0.3) is 34.1 Å². The van der Waals surface area contributed by atoms with Crippen molar-refractivity contribution in [3.05, 3.63) is 67.0 Å². The third kappa shape index (κ3) is 2.84. The van der Waals surface area contributed by atoms with Crippen LogP contribution in [0.5, 0.6) is 0 Å². The van der Waals surface area contributed by atoms with Crippen LogP contribution in [0.2, 0.25) is 0 Å². The van der Waals surface area contributed by atoms with E-state index < -0.39 is 0 Å². The summed E-state index contributed by atoms with van der Waals surface area (Å²) in [5.74, 6) is 3.20. The smallest absolute Gasteiger partial charge is 0.181 e. The van der Waals surface area contributed by atoms with E-state index in [0.29, 0.717) is 12.2 Å². The predicted molar refractivity (Wildman–Crippen MR) is 105 cm³/mol. The standard InChI is InChI=1S/C20H18N8/c1-27-16-5-3-2-4-15(16)23-20(27)19-22-11-13-28(19)12-8-17-24-18(26-25-17)14-6-9-21-10-7-14/h2-7,9-11,13H,8,12H2,1H3,(H,24,25,26). The Morgan fingerprint density at radius 2 is 1.82 bits per heavy atom. The van der Waals surface area contributed by atoms with Crippen LogP contribution in [0.4, 0.5) is 0 Å². The third-order valence-electron chi connectivity index (χ3n) is 4.76. The topological polar surface area (TPSA) is 90.1 Å². The van der Waals surface area contributed by atoms with Crippen molar-refractivity contribution in [2.24, 2.45) is 7.05 Å². The van der Waals surface area contributed by atoms with E-state index in [1.54, 1.807) is 18.6 Å². The maximum absolute atomic E-state index is 4.75. The van der Waals surface area contributed by atoms with Crippen molar-refractivity contribution < 1.29 is 0 Å². The van der Waals surface area contributed by atoms with E-state index in [-0.39, 0.29) is 0 Å². The predicted octanol–water partition coefficient (Wildman–Crippen LogP) is 2.86. The molecule has 0 saturated carbocycles. The second kappa shape index (κ2) is 6.73. The average molecular weight is 370 g/mol. The number of imidazole rings is 2. The van der Waals surface area contributed by atoms with E-state index in [1.807, 2.05) is 43.6 Å². The van der Waals surface area contributed by atoms with Gasteiger partial charge in [-0.15, -0.1) is 0 Å². The number of H-pyrrole nitrogens is 1. The molecular formula is C20H18N8. The van der Waals surface area contributed by atoms with Gasteiger partial charge in [0.05, 0.1) is 11.0 Å². The van der Waals surface area contributed by atoms with Crippen LogP contribution in [0, 0.1) is 0 Å². The molecule has 0 unspecified atom stereocenters. The number of aryl methyl sites for hydroxylation is 3. The minimum absolute atomic E-state index is 0.679. The van der Waals surface area contributed by atoms with E-state index in [1.165, 1.54) is 0 Å². The maximum atomic E-state index is 4.75. The molecule has 138 valence electrons. The minimum atomic E-state index is 0.679. The lowest BCUT2D eigenvalue weighted by Gasteiger charge is -2.06. The van der Waals surface area contributed by atoms with Crippen LogP contribution in [0.3, 0.4) is 0 Å². The van der Waals surface area contributed by atoms with Crippen LogP contribution in [-0.4, -0.2) is 39.3 Å². The number of hydrogen-bond acceptors (Lipinski definition) is 5.